The molecule has 0 unspecified atom stereocenters. The number of nitriles is 3. The van der Waals surface area contributed by atoms with Crippen LogP contribution in [0.2, 0.25) is 5.02 Å². The van der Waals surface area contributed by atoms with Crippen LogP contribution in [0.5, 0.6) is 0 Å². The first-order valence-corrected chi connectivity index (χ1v) is 9.31. The lowest BCUT2D eigenvalue weighted by Gasteiger charge is -2.45. The number of hydrogen-bond acceptors (Lipinski definition) is 7. The molecule has 1 aliphatic carbocycles. The molecule has 9 heteroatoms. The summed E-state index contributed by atoms with van der Waals surface area (Å²) < 4.78 is 0. The standard InChI is InChI=1S/C20H17ClN6O2/c1-2-26-6-5-13-15(8-22)19(25)20(10-23,11-24)18(16(13)9-26)14-7-12(27(28)29)3-4-17(14)21/h3-5,7,16,18H,2,6,9,25H2,1H3/t16-,18+/m0/s1. The molecule has 1 aromatic rings. The molecule has 0 amide bonds. The Morgan fingerprint density at radius 3 is 2.62 bits per heavy atom. The van der Waals surface area contributed by atoms with E-state index in [1.165, 1.54) is 18.2 Å². The zero-order valence-corrected chi connectivity index (χ0v) is 16.3. The Morgan fingerprint density at radius 1 is 1.38 bits per heavy atom. The minimum Gasteiger partial charge on any atom is -0.399 e. The lowest BCUT2D eigenvalue weighted by atomic mass is 9.58. The van der Waals surface area contributed by atoms with Crippen molar-refractivity contribution in [2.75, 3.05) is 19.6 Å². The van der Waals surface area contributed by atoms with Gasteiger partial charge in [0.05, 0.1) is 28.3 Å². The number of likely N-dealkylation sites (N-methyl/N-ethyl adjacent to an activating group) is 1. The number of hydrogen-bond donors (Lipinski definition) is 1. The lowest BCUT2D eigenvalue weighted by molar-refractivity contribution is -0.384. The molecule has 0 radical (unpaired) electrons. The fourth-order valence-corrected chi connectivity index (χ4v) is 4.46. The molecule has 1 aromatic carbocycles. The molecule has 0 bridgehead atoms. The summed E-state index contributed by atoms with van der Waals surface area (Å²) in [5, 5.41) is 41.3. The Morgan fingerprint density at radius 2 is 2.07 bits per heavy atom. The van der Waals surface area contributed by atoms with Gasteiger partial charge in [0.25, 0.3) is 5.69 Å². The van der Waals surface area contributed by atoms with Crippen molar-refractivity contribution in [1.82, 2.24) is 4.90 Å². The average Bonchev–Trinajstić information content (AvgIpc) is 2.73. The van der Waals surface area contributed by atoms with Gasteiger partial charge in [0, 0.05) is 42.1 Å². The number of nitrogens with zero attached hydrogens (tertiary/aromatic N) is 5. The van der Waals surface area contributed by atoms with Gasteiger partial charge >= 0.3 is 0 Å². The Balaban J connectivity index is 2.37. The predicted molar refractivity (Wildman–Crippen MR) is 105 cm³/mol. The van der Waals surface area contributed by atoms with E-state index in [9.17, 15) is 25.9 Å². The average molecular weight is 409 g/mol. The van der Waals surface area contributed by atoms with Crippen LogP contribution in [-0.4, -0.2) is 29.5 Å². The Hall–Kier alpha value is -3.38. The van der Waals surface area contributed by atoms with E-state index in [4.69, 9.17) is 17.3 Å². The van der Waals surface area contributed by atoms with Gasteiger partial charge in [-0.15, -0.1) is 0 Å². The highest BCUT2D eigenvalue weighted by Gasteiger charge is 2.55. The molecule has 0 saturated carbocycles. The predicted octanol–water partition coefficient (Wildman–Crippen LogP) is 2.99. The summed E-state index contributed by atoms with van der Waals surface area (Å²) in [6.45, 7) is 3.77. The number of nitro benzene ring substituents is 1. The summed E-state index contributed by atoms with van der Waals surface area (Å²) in [6, 6.07) is 10.0. The van der Waals surface area contributed by atoms with E-state index in [0.29, 0.717) is 24.2 Å². The highest BCUT2D eigenvalue weighted by Crippen LogP contribution is 2.55. The largest absolute Gasteiger partial charge is 0.399 e. The fourth-order valence-electron chi connectivity index (χ4n) is 4.22. The summed E-state index contributed by atoms with van der Waals surface area (Å²) in [5.74, 6) is -1.30. The maximum absolute atomic E-state index is 11.3. The number of nitrogens with two attached hydrogens (primary N) is 1. The maximum Gasteiger partial charge on any atom is 0.269 e. The van der Waals surface area contributed by atoms with Gasteiger partial charge in [-0.2, -0.15) is 15.8 Å². The summed E-state index contributed by atoms with van der Waals surface area (Å²) in [5.41, 5.74) is 5.11. The summed E-state index contributed by atoms with van der Waals surface area (Å²) >= 11 is 6.40. The molecule has 2 N–H and O–H groups in total. The van der Waals surface area contributed by atoms with Gasteiger partial charge in [-0.25, -0.2) is 0 Å². The summed E-state index contributed by atoms with van der Waals surface area (Å²) in [7, 11) is 0. The van der Waals surface area contributed by atoms with Gasteiger partial charge in [-0.05, 0) is 23.7 Å². The van der Waals surface area contributed by atoms with E-state index < -0.39 is 22.2 Å². The molecule has 2 aliphatic rings. The molecule has 2 atom stereocenters. The zero-order chi connectivity index (χ0) is 21.3. The molecule has 0 aromatic heterocycles. The quantitative estimate of drug-likeness (QED) is 0.597. The van der Waals surface area contributed by atoms with Crippen LogP contribution in [-0.2, 0) is 0 Å². The van der Waals surface area contributed by atoms with Crippen molar-refractivity contribution in [3.8, 4) is 18.2 Å². The fraction of sp³-hybridized carbons (Fsp3) is 0.350. The Bertz CT molecular complexity index is 1060. The minimum atomic E-state index is -1.87. The maximum atomic E-state index is 11.3. The number of allylic oxidation sites excluding steroid dienone is 2. The van der Waals surface area contributed by atoms with Crippen molar-refractivity contribution in [2.24, 2.45) is 17.1 Å². The van der Waals surface area contributed by atoms with Gasteiger partial charge in [0.15, 0.2) is 5.41 Å². The first-order valence-electron chi connectivity index (χ1n) is 8.94. The molecule has 0 fully saturated rings. The van der Waals surface area contributed by atoms with E-state index in [-0.39, 0.29) is 22.0 Å². The lowest BCUT2D eigenvalue weighted by Crippen LogP contribution is -2.48. The molecule has 0 spiro atoms. The highest BCUT2D eigenvalue weighted by atomic mass is 35.5. The normalized spacial score (nSPS) is 23.2. The topological polar surface area (TPSA) is 144 Å². The van der Waals surface area contributed by atoms with Crippen molar-refractivity contribution in [3.05, 3.63) is 61.8 Å². The Kier molecular flexibility index (Phi) is 5.31. The van der Waals surface area contributed by atoms with E-state index >= 15 is 0 Å². The SMILES string of the molecule is CCN1CC=C2C(C#N)=C(N)C(C#N)(C#N)[C@H](c3cc([N+](=O)[O-])ccc3Cl)[C@H]2C1. The van der Waals surface area contributed by atoms with Gasteiger partial charge in [0.2, 0.25) is 0 Å². The molecule has 1 aliphatic heterocycles. The molecule has 0 saturated heterocycles. The first-order chi connectivity index (χ1) is 13.8. The molecule has 1 heterocycles. The number of non-ortho nitro benzene ring substituents is 1. The van der Waals surface area contributed by atoms with Gasteiger partial charge < -0.3 is 5.73 Å². The third kappa shape index (κ3) is 3.02. The van der Waals surface area contributed by atoms with Crippen molar-refractivity contribution in [2.45, 2.75) is 12.8 Å². The molecular weight excluding hydrogens is 392 g/mol. The van der Waals surface area contributed by atoms with Crippen LogP contribution in [0, 0.1) is 55.4 Å². The van der Waals surface area contributed by atoms with Gasteiger partial charge in [-0.1, -0.05) is 24.6 Å². The molecule has 8 nitrogen and oxygen atoms in total. The molecular formula is C20H17ClN6O2. The second-order valence-electron chi connectivity index (χ2n) is 6.99. The molecule has 146 valence electrons. The van der Waals surface area contributed by atoms with E-state index in [1.807, 2.05) is 31.2 Å². The third-order valence-electron chi connectivity index (χ3n) is 5.71. The van der Waals surface area contributed by atoms with Crippen molar-refractivity contribution in [3.63, 3.8) is 0 Å². The first kappa shape index (κ1) is 20.4. The highest BCUT2D eigenvalue weighted by molar-refractivity contribution is 6.31. The number of nitro groups is 1. The zero-order valence-electron chi connectivity index (χ0n) is 15.6. The number of rotatable bonds is 3. The van der Waals surface area contributed by atoms with E-state index in [2.05, 4.69) is 4.90 Å². The number of benzene rings is 1. The Labute approximate surface area is 172 Å². The third-order valence-corrected chi connectivity index (χ3v) is 6.06. The minimum absolute atomic E-state index is 0.131. The molecule has 29 heavy (non-hydrogen) atoms. The van der Waals surface area contributed by atoms with Crippen LogP contribution in [0.1, 0.15) is 18.4 Å². The van der Waals surface area contributed by atoms with E-state index in [1.54, 1.807) is 0 Å². The van der Waals surface area contributed by atoms with Crippen LogP contribution < -0.4 is 5.73 Å². The van der Waals surface area contributed by atoms with E-state index in [0.717, 1.165) is 6.54 Å². The van der Waals surface area contributed by atoms with Crippen molar-refractivity contribution >= 4 is 17.3 Å². The number of fused-ring (bicyclic) bond motifs is 1. The van der Waals surface area contributed by atoms with Crippen LogP contribution in [0.25, 0.3) is 0 Å². The summed E-state index contributed by atoms with van der Waals surface area (Å²) in [6.07, 6.45) is 1.88. The smallest absolute Gasteiger partial charge is 0.269 e. The molecule has 3 rings (SSSR count). The second-order valence-corrected chi connectivity index (χ2v) is 7.40. The number of halogens is 1. The monoisotopic (exact) mass is 408 g/mol. The van der Waals surface area contributed by atoms with Crippen molar-refractivity contribution in [1.29, 1.82) is 15.8 Å². The van der Waals surface area contributed by atoms with Gasteiger partial charge in [-0.3, -0.25) is 15.0 Å². The van der Waals surface area contributed by atoms with Crippen LogP contribution in [0.3, 0.4) is 0 Å². The second kappa shape index (κ2) is 7.56. The van der Waals surface area contributed by atoms with Crippen LogP contribution in [0.15, 0.2) is 41.1 Å². The van der Waals surface area contributed by atoms with Crippen LogP contribution >= 0.6 is 11.6 Å². The summed E-state index contributed by atoms with van der Waals surface area (Å²) in [4.78, 5) is 12.9. The van der Waals surface area contributed by atoms with Crippen LogP contribution in [0.4, 0.5) is 5.69 Å². The van der Waals surface area contributed by atoms with Crippen molar-refractivity contribution < 1.29 is 4.92 Å². The van der Waals surface area contributed by atoms with Gasteiger partial charge in [0.1, 0.15) is 6.07 Å².